The molecule has 0 saturated carbocycles. The molecule has 0 spiro atoms. The Hall–Kier alpha value is -0.810. The van der Waals surface area contributed by atoms with E-state index in [-0.39, 0.29) is 21.5 Å². The lowest BCUT2D eigenvalue weighted by Gasteiger charge is -2.21. The minimum atomic E-state index is -0.230. The van der Waals surface area contributed by atoms with Crippen molar-refractivity contribution in [2.75, 3.05) is 12.8 Å². The van der Waals surface area contributed by atoms with Gasteiger partial charge in [0.2, 0.25) is 0 Å². The van der Waals surface area contributed by atoms with E-state index in [1.54, 1.807) is 11.8 Å². The molecule has 1 N–H and O–H groups in total. The highest BCUT2D eigenvalue weighted by molar-refractivity contribution is 7.99. The maximum atomic E-state index is 11.7. The Balaban J connectivity index is 2.56. The third-order valence-electron chi connectivity index (χ3n) is 2.08. The SMILES string of the molecule is CSC(C)(C)CNC(=O)c1cnc(Cl)cn1. The van der Waals surface area contributed by atoms with Crippen molar-refractivity contribution in [2.24, 2.45) is 0 Å². The van der Waals surface area contributed by atoms with Crippen LogP contribution in [0.3, 0.4) is 0 Å². The van der Waals surface area contributed by atoms with Gasteiger partial charge in [0.25, 0.3) is 5.91 Å². The van der Waals surface area contributed by atoms with Crippen molar-refractivity contribution in [1.82, 2.24) is 15.3 Å². The summed E-state index contributed by atoms with van der Waals surface area (Å²) in [6.07, 6.45) is 4.73. The number of amides is 1. The van der Waals surface area contributed by atoms with E-state index in [4.69, 9.17) is 11.6 Å². The average molecular weight is 260 g/mol. The predicted molar refractivity (Wildman–Crippen MR) is 67.0 cm³/mol. The van der Waals surface area contributed by atoms with Crippen LogP contribution in [-0.4, -0.2) is 33.4 Å². The normalized spacial score (nSPS) is 11.2. The molecule has 0 aliphatic carbocycles. The largest absolute Gasteiger partial charge is 0.349 e. The molecular formula is C10H14ClN3OS. The quantitative estimate of drug-likeness (QED) is 0.899. The Labute approximate surface area is 104 Å². The summed E-state index contributed by atoms with van der Waals surface area (Å²) in [4.78, 5) is 19.3. The minimum absolute atomic E-state index is 0.00944. The van der Waals surface area contributed by atoms with Crippen LogP contribution < -0.4 is 5.32 Å². The van der Waals surface area contributed by atoms with Crippen molar-refractivity contribution >= 4 is 29.3 Å². The molecule has 0 aliphatic heterocycles. The summed E-state index contributed by atoms with van der Waals surface area (Å²) in [6, 6.07) is 0. The van der Waals surface area contributed by atoms with Crippen LogP contribution in [0, 0.1) is 0 Å². The highest BCUT2D eigenvalue weighted by Gasteiger charge is 2.17. The van der Waals surface area contributed by atoms with Crippen molar-refractivity contribution in [2.45, 2.75) is 18.6 Å². The van der Waals surface area contributed by atoms with Gasteiger partial charge in [-0.05, 0) is 20.1 Å². The lowest BCUT2D eigenvalue weighted by atomic mass is 10.2. The molecule has 0 radical (unpaired) electrons. The number of thioether (sulfide) groups is 1. The zero-order valence-electron chi connectivity index (χ0n) is 9.45. The van der Waals surface area contributed by atoms with Crippen LogP contribution in [0.5, 0.6) is 0 Å². The fourth-order valence-electron chi connectivity index (χ4n) is 0.885. The Kier molecular flexibility index (Phi) is 4.56. The van der Waals surface area contributed by atoms with Gasteiger partial charge in [0.05, 0.1) is 12.4 Å². The van der Waals surface area contributed by atoms with E-state index in [1.165, 1.54) is 12.4 Å². The molecule has 1 aromatic rings. The molecule has 6 heteroatoms. The zero-order valence-corrected chi connectivity index (χ0v) is 11.0. The lowest BCUT2D eigenvalue weighted by Crippen LogP contribution is -2.36. The molecule has 0 bridgehead atoms. The highest BCUT2D eigenvalue weighted by atomic mass is 35.5. The molecule has 1 heterocycles. The van der Waals surface area contributed by atoms with Crippen molar-refractivity contribution in [3.8, 4) is 0 Å². The van der Waals surface area contributed by atoms with Gasteiger partial charge in [0, 0.05) is 11.3 Å². The molecule has 16 heavy (non-hydrogen) atoms. The van der Waals surface area contributed by atoms with E-state index < -0.39 is 0 Å². The molecule has 0 atom stereocenters. The summed E-state index contributed by atoms with van der Waals surface area (Å²) in [6.45, 7) is 4.70. The third-order valence-corrected chi connectivity index (χ3v) is 3.52. The monoisotopic (exact) mass is 259 g/mol. The zero-order chi connectivity index (χ0) is 12.2. The summed E-state index contributed by atoms with van der Waals surface area (Å²) in [5, 5.41) is 3.08. The lowest BCUT2D eigenvalue weighted by molar-refractivity contribution is 0.0945. The Morgan fingerprint density at radius 3 is 2.69 bits per heavy atom. The molecule has 4 nitrogen and oxygen atoms in total. The van der Waals surface area contributed by atoms with E-state index in [2.05, 4.69) is 29.1 Å². The molecule has 0 aliphatic rings. The van der Waals surface area contributed by atoms with Gasteiger partial charge >= 0.3 is 0 Å². The number of nitrogens with zero attached hydrogens (tertiary/aromatic N) is 2. The summed E-state index contributed by atoms with van der Waals surface area (Å²) >= 11 is 7.27. The van der Waals surface area contributed by atoms with Gasteiger partial charge in [-0.1, -0.05) is 11.6 Å². The number of rotatable bonds is 4. The molecule has 0 aromatic carbocycles. The van der Waals surface area contributed by atoms with Crippen molar-refractivity contribution < 1.29 is 4.79 Å². The smallest absolute Gasteiger partial charge is 0.271 e. The molecule has 0 saturated heterocycles. The second-order valence-electron chi connectivity index (χ2n) is 3.87. The minimum Gasteiger partial charge on any atom is -0.349 e. The van der Waals surface area contributed by atoms with Gasteiger partial charge in [-0.2, -0.15) is 11.8 Å². The van der Waals surface area contributed by atoms with Crippen molar-refractivity contribution in [3.05, 3.63) is 23.2 Å². The van der Waals surface area contributed by atoms with Crippen LogP contribution in [0.2, 0.25) is 5.15 Å². The predicted octanol–water partition coefficient (Wildman–Crippen LogP) is 2.00. The maximum Gasteiger partial charge on any atom is 0.271 e. The Bertz CT molecular complexity index is 367. The fraction of sp³-hybridized carbons (Fsp3) is 0.500. The van der Waals surface area contributed by atoms with Crippen LogP contribution >= 0.6 is 23.4 Å². The number of carbonyl (C=O) groups excluding carboxylic acids is 1. The van der Waals surface area contributed by atoms with Crippen LogP contribution in [0.15, 0.2) is 12.4 Å². The second kappa shape index (κ2) is 5.50. The van der Waals surface area contributed by atoms with Gasteiger partial charge in [0.15, 0.2) is 0 Å². The standard InChI is InChI=1S/C10H14ClN3OS/c1-10(2,16-3)6-14-9(15)7-4-13-8(11)5-12-7/h4-5H,6H2,1-3H3,(H,14,15). The average Bonchev–Trinajstić information content (AvgIpc) is 2.27. The second-order valence-corrected chi connectivity index (χ2v) is 5.77. The van der Waals surface area contributed by atoms with Crippen LogP contribution in [0.25, 0.3) is 0 Å². The number of nitrogens with one attached hydrogen (secondary N) is 1. The van der Waals surface area contributed by atoms with E-state index in [1.807, 2.05) is 6.26 Å². The first kappa shape index (κ1) is 13.3. The molecule has 1 amide bonds. The Morgan fingerprint density at radius 1 is 1.50 bits per heavy atom. The molecular weight excluding hydrogens is 246 g/mol. The first-order valence-electron chi connectivity index (χ1n) is 4.75. The molecule has 0 unspecified atom stereocenters. The van der Waals surface area contributed by atoms with Crippen molar-refractivity contribution in [3.63, 3.8) is 0 Å². The van der Waals surface area contributed by atoms with E-state index in [0.717, 1.165) is 0 Å². The number of halogens is 1. The van der Waals surface area contributed by atoms with Gasteiger partial charge < -0.3 is 5.32 Å². The molecule has 1 rings (SSSR count). The van der Waals surface area contributed by atoms with Gasteiger partial charge in [0.1, 0.15) is 10.8 Å². The summed E-state index contributed by atoms with van der Waals surface area (Å²) < 4.78 is 0.00944. The molecule has 88 valence electrons. The van der Waals surface area contributed by atoms with Crippen molar-refractivity contribution in [1.29, 1.82) is 0 Å². The molecule has 1 aromatic heterocycles. The number of hydrogen-bond donors (Lipinski definition) is 1. The third kappa shape index (κ3) is 3.98. The van der Waals surface area contributed by atoms with Crippen LogP contribution in [0.4, 0.5) is 0 Å². The first-order chi connectivity index (χ1) is 7.44. The number of carbonyl (C=O) groups is 1. The topological polar surface area (TPSA) is 54.9 Å². The fourth-order valence-corrected chi connectivity index (χ4v) is 1.20. The van der Waals surface area contributed by atoms with Gasteiger partial charge in [-0.3, -0.25) is 4.79 Å². The van der Waals surface area contributed by atoms with Crippen LogP contribution in [-0.2, 0) is 0 Å². The summed E-state index contributed by atoms with van der Waals surface area (Å²) in [5.74, 6) is -0.230. The van der Waals surface area contributed by atoms with Crippen LogP contribution in [0.1, 0.15) is 24.3 Å². The summed E-state index contributed by atoms with van der Waals surface area (Å²) in [7, 11) is 0. The van der Waals surface area contributed by atoms with Gasteiger partial charge in [-0.25, -0.2) is 9.97 Å². The highest BCUT2D eigenvalue weighted by Crippen LogP contribution is 2.19. The first-order valence-corrected chi connectivity index (χ1v) is 6.36. The maximum absolute atomic E-state index is 11.7. The number of hydrogen-bond acceptors (Lipinski definition) is 4. The Morgan fingerprint density at radius 2 is 2.19 bits per heavy atom. The summed E-state index contributed by atoms with van der Waals surface area (Å²) in [5.41, 5.74) is 0.279. The van der Waals surface area contributed by atoms with E-state index >= 15 is 0 Å². The number of aromatic nitrogens is 2. The van der Waals surface area contributed by atoms with Gasteiger partial charge in [-0.15, -0.1) is 0 Å². The van der Waals surface area contributed by atoms with E-state index in [0.29, 0.717) is 6.54 Å². The molecule has 0 fully saturated rings. The van der Waals surface area contributed by atoms with E-state index in [9.17, 15) is 4.79 Å².